The first-order valence-corrected chi connectivity index (χ1v) is 14.0. The highest BCUT2D eigenvalue weighted by molar-refractivity contribution is 5.98. The van der Waals surface area contributed by atoms with Crippen LogP contribution in [-0.2, 0) is 14.3 Å². The van der Waals surface area contributed by atoms with Crippen molar-refractivity contribution < 1.29 is 28.8 Å². The van der Waals surface area contributed by atoms with Crippen LogP contribution in [-0.4, -0.2) is 35.1 Å². The lowest BCUT2D eigenvalue weighted by Crippen LogP contribution is -2.37. The van der Waals surface area contributed by atoms with Crippen molar-refractivity contribution in [3.05, 3.63) is 129 Å². The van der Waals surface area contributed by atoms with Gasteiger partial charge >= 0.3 is 12.1 Å². The summed E-state index contributed by atoms with van der Waals surface area (Å²) in [5.74, 6) is -1.37. The molecule has 0 saturated carbocycles. The predicted octanol–water partition coefficient (Wildman–Crippen LogP) is 6.77. The second-order valence-corrected chi connectivity index (χ2v) is 11.3. The van der Waals surface area contributed by atoms with E-state index in [0.29, 0.717) is 11.3 Å². The molecule has 1 atom stereocenters. The summed E-state index contributed by atoms with van der Waals surface area (Å²) in [6.07, 6.45) is -0.862. The highest BCUT2D eigenvalue weighted by Crippen LogP contribution is 2.44. The van der Waals surface area contributed by atoms with Crippen LogP contribution in [0.25, 0.3) is 11.1 Å². The molecule has 0 spiro atoms. The molecule has 10 heteroatoms. The van der Waals surface area contributed by atoms with Gasteiger partial charge in [-0.1, -0.05) is 60.7 Å². The number of nitro benzene ring substituents is 1. The second kappa shape index (κ2) is 12.4. The van der Waals surface area contributed by atoms with Crippen molar-refractivity contribution in [1.82, 2.24) is 5.32 Å². The molecule has 0 bridgehead atoms. The van der Waals surface area contributed by atoms with Crippen LogP contribution in [0.1, 0.15) is 59.8 Å². The van der Waals surface area contributed by atoms with Gasteiger partial charge in [-0.05, 0) is 72.9 Å². The Morgan fingerprint density at radius 1 is 0.864 bits per heavy atom. The molecule has 5 rings (SSSR count). The first-order chi connectivity index (χ1) is 21.0. The summed E-state index contributed by atoms with van der Waals surface area (Å²) < 4.78 is 11.0. The lowest BCUT2D eigenvalue weighted by molar-refractivity contribution is -0.384. The van der Waals surface area contributed by atoms with Crippen LogP contribution >= 0.6 is 0 Å². The highest BCUT2D eigenvalue weighted by atomic mass is 16.6. The van der Waals surface area contributed by atoms with Gasteiger partial charge < -0.3 is 20.1 Å². The zero-order chi connectivity index (χ0) is 31.4. The van der Waals surface area contributed by atoms with Crippen LogP contribution in [0.4, 0.5) is 16.2 Å². The number of carbonyl (C=O) groups is 3. The van der Waals surface area contributed by atoms with E-state index in [2.05, 4.69) is 10.6 Å². The number of nitro groups is 1. The summed E-state index contributed by atoms with van der Waals surface area (Å²) >= 11 is 0. The van der Waals surface area contributed by atoms with Crippen molar-refractivity contribution in [3.63, 3.8) is 0 Å². The van der Waals surface area contributed by atoms with Crippen molar-refractivity contribution in [3.8, 4) is 11.1 Å². The SMILES string of the molecule is CC(C)(C)OC(=O)c1ccc(NC(=O)[C@@H](NC(=O)OCC2c3ccccc3-c3ccccc32)c2cccc([N+](=O)[O-])c2)cc1. The number of hydrogen-bond donors (Lipinski definition) is 2. The molecule has 2 amide bonds. The minimum Gasteiger partial charge on any atom is -0.456 e. The number of nitrogens with one attached hydrogen (secondary N) is 2. The Balaban J connectivity index is 1.32. The van der Waals surface area contributed by atoms with E-state index < -0.39 is 34.5 Å². The smallest absolute Gasteiger partial charge is 0.408 e. The fourth-order valence-corrected chi connectivity index (χ4v) is 5.12. The normalized spacial score (nSPS) is 12.8. The summed E-state index contributed by atoms with van der Waals surface area (Å²) in [6, 6.07) is 26.0. The fourth-order valence-electron chi connectivity index (χ4n) is 5.12. The van der Waals surface area contributed by atoms with Crippen molar-refractivity contribution in [2.45, 2.75) is 38.3 Å². The van der Waals surface area contributed by atoms with Crippen LogP contribution in [0.3, 0.4) is 0 Å². The molecular formula is C34H31N3O7. The number of non-ortho nitro benzene ring substituents is 1. The number of carbonyl (C=O) groups excluding carboxylic acids is 3. The predicted molar refractivity (Wildman–Crippen MR) is 164 cm³/mol. The van der Waals surface area contributed by atoms with Gasteiger partial charge in [0, 0.05) is 23.7 Å². The van der Waals surface area contributed by atoms with Crippen molar-refractivity contribution in [2.24, 2.45) is 0 Å². The third-order valence-corrected chi connectivity index (χ3v) is 7.07. The van der Waals surface area contributed by atoms with Gasteiger partial charge in [0.1, 0.15) is 18.2 Å². The summed E-state index contributed by atoms with van der Waals surface area (Å²) in [7, 11) is 0. The summed E-state index contributed by atoms with van der Waals surface area (Å²) in [6.45, 7) is 5.31. The largest absolute Gasteiger partial charge is 0.456 e. The van der Waals surface area contributed by atoms with Gasteiger partial charge in [0.25, 0.3) is 11.6 Å². The lowest BCUT2D eigenvalue weighted by atomic mass is 9.98. The maximum absolute atomic E-state index is 13.5. The average molecular weight is 594 g/mol. The molecule has 224 valence electrons. The van der Waals surface area contributed by atoms with Gasteiger partial charge in [-0.15, -0.1) is 0 Å². The Labute approximate surface area is 254 Å². The maximum atomic E-state index is 13.5. The molecule has 1 aliphatic rings. The van der Waals surface area contributed by atoms with E-state index in [0.717, 1.165) is 22.3 Å². The molecule has 0 aliphatic heterocycles. The number of rotatable bonds is 8. The topological polar surface area (TPSA) is 137 Å². The molecule has 0 saturated heterocycles. The molecule has 10 nitrogen and oxygen atoms in total. The molecule has 0 heterocycles. The molecular weight excluding hydrogens is 562 g/mol. The van der Waals surface area contributed by atoms with E-state index in [1.807, 2.05) is 48.5 Å². The zero-order valence-corrected chi connectivity index (χ0v) is 24.4. The minimum absolute atomic E-state index is 0.0231. The number of hydrogen-bond acceptors (Lipinski definition) is 7. The van der Waals surface area contributed by atoms with Gasteiger partial charge in [-0.3, -0.25) is 14.9 Å². The Bertz CT molecular complexity index is 1680. The van der Waals surface area contributed by atoms with Crippen LogP contribution < -0.4 is 10.6 Å². The van der Waals surface area contributed by atoms with E-state index >= 15 is 0 Å². The number of alkyl carbamates (subject to hydrolysis) is 1. The third-order valence-electron chi connectivity index (χ3n) is 7.07. The number of benzene rings is 4. The molecule has 0 radical (unpaired) electrons. The number of ether oxygens (including phenoxy) is 2. The van der Waals surface area contributed by atoms with Gasteiger partial charge in [0.05, 0.1) is 10.5 Å². The summed E-state index contributed by atoms with van der Waals surface area (Å²) in [5.41, 5.74) is 4.13. The molecule has 0 fully saturated rings. The van der Waals surface area contributed by atoms with Crippen molar-refractivity contribution in [1.29, 1.82) is 0 Å². The Morgan fingerprint density at radius 3 is 2.07 bits per heavy atom. The minimum atomic E-state index is -1.32. The molecule has 44 heavy (non-hydrogen) atoms. The zero-order valence-electron chi connectivity index (χ0n) is 24.4. The standard InChI is InChI=1S/C34H31N3O7/c1-34(2,3)44-32(39)21-15-17-23(18-16-21)35-31(38)30(22-9-8-10-24(19-22)37(41)42)36-33(40)43-20-29-27-13-6-4-11-25(27)26-12-5-7-14-28(26)29/h4-19,29-30H,20H2,1-3H3,(H,35,38)(H,36,40)/t30-/m0/s1. The first-order valence-electron chi connectivity index (χ1n) is 14.0. The van der Waals surface area contributed by atoms with Gasteiger partial charge in [0.2, 0.25) is 0 Å². The van der Waals surface area contributed by atoms with Gasteiger partial charge in [0.15, 0.2) is 0 Å². The van der Waals surface area contributed by atoms with Crippen LogP contribution in [0.2, 0.25) is 0 Å². The quantitative estimate of drug-likeness (QED) is 0.131. The van der Waals surface area contributed by atoms with Crippen molar-refractivity contribution in [2.75, 3.05) is 11.9 Å². The fraction of sp³-hybridized carbons (Fsp3) is 0.206. The summed E-state index contributed by atoms with van der Waals surface area (Å²) in [4.78, 5) is 49.8. The molecule has 0 aromatic heterocycles. The molecule has 1 aliphatic carbocycles. The average Bonchev–Trinajstić information content (AvgIpc) is 3.32. The van der Waals surface area contributed by atoms with Crippen molar-refractivity contribution >= 4 is 29.3 Å². The summed E-state index contributed by atoms with van der Waals surface area (Å²) in [5, 5.41) is 16.7. The van der Waals surface area contributed by atoms with Crippen LogP contribution in [0.5, 0.6) is 0 Å². The Hall–Kier alpha value is -5.51. The van der Waals surface area contributed by atoms with E-state index in [4.69, 9.17) is 9.47 Å². The van der Waals surface area contributed by atoms with Gasteiger partial charge in [-0.2, -0.15) is 0 Å². The molecule has 4 aromatic rings. The third kappa shape index (κ3) is 6.75. The molecule has 2 N–H and O–H groups in total. The first kappa shape index (κ1) is 30.0. The molecule has 0 unspecified atom stereocenters. The lowest BCUT2D eigenvalue weighted by Gasteiger charge is -2.21. The van der Waals surface area contributed by atoms with E-state index in [1.54, 1.807) is 20.8 Å². The van der Waals surface area contributed by atoms with Crippen LogP contribution in [0.15, 0.2) is 97.1 Å². The Morgan fingerprint density at radius 2 is 1.48 bits per heavy atom. The number of nitrogens with zero attached hydrogens (tertiary/aromatic N) is 1. The monoisotopic (exact) mass is 593 g/mol. The van der Waals surface area contributed by atoms with E-state index in [-0.39, 0.29) is 23.8 Å². The number of esters is 1. The number of anilines is 1. The highest BCUT2D eigenvalue weighted by Gasteiger charge is 2.30. The van der Waals surface area contributed by atoms with Gasteiger partial charge in [-0.25, -0.2) is 9.59 Å². The van der Waals surface area contributed by atoms with E-state index in [1.165, 1.54) is 48.5 Å². The maximum Gasteiger partial charge on any atom is 0.408 e. The molecule has 4 aromatic carbocycles. The Kier molecular flexibility index (Phi) is 8.43. The van der Waals surface area contributed by atoms with Crippen LogP contribution in [0, 0.1) is 10.1 Å². The second-order valence-electron chi connectivity index (χ2n) is 11.3. The number of fused-ring (bicyclic) bond motifs is 3. The number of amides is 2. The van der Waals surface area contributed by atoms with E-state index in [9.17, 15) is 24.5 Å².